The molecular formula is C13H21NO3Si. The van der Waals surface area contributed by atoms with Crippen molar-refractivity contribution in [2.24, 2.45) is 0 Å². The third-order valence-corrected chi connectivity index (χ3v) is 6.91. The summed E-state index contributed by atoms with van der Waals surface area (Å²) in [5.74, 6) is -0.327. The maximum absolute atomic E-state index is 11.4. The molecule has 100 valence electrons. The van der Waals surface area contributed by atoms with Crippen LogP contribution in [0.15, 0.2) is 12.2 Å². The average molecular weight is 267 g/mol. The van der Waals surface area contributed by atoms with E-state index in [0.717, 1.165) is 19.1 Å². The van der Waals surface area contributed by atoms with E-state index >= 15 is 0 Å². The molecule has 18 heavy (non-hydrogen) atoms. The summed E-state index contributed by atoms with van der Waals surface area (Å²) in [5.41, 5.74) is 0.502. The van der Waals surface area contributed by atoms with Gasteiger partial charge in [0, 0.05) is 31.0 Å². The molecule has 2 aliphatic rings. The van der Waals surface area contributed by atoms with Crippen molar-refractivity contribution in [2.75, 3.05) is 13.2 Å². The Morgan fingerprint density at radius 2 is 2.06 bits per heavy atom. The van der Waals surface area contributed by atoms with E-state index < -0.39 is 8.80 Å². The zero-order chi connectivity index (χ0) is 13.0. The van der Waals surface area contributed by atoms with Gasteiger partial charge in [0.1, 0.15) is 0 Å². The Bertz CT molecular complexity index is 332. The highest BCUT2D eigenvalue weighted by molar-refractivity contribution is 6.58. The molecule has 0 bridgehead atoms. The van der Waals surface area contributed by atoms with Gasteiger partial charge < -0.3 is 4.74 Å². The normalized spacial score (nSPS) is 25.8. The third-order valence-electron chi connectivity index (χ3n) is 3.79. The van der Waals surface area contributed by atoms with Crippen LogP contribution in [0.4, 0.5) is 0 Å². The molecule has 0 aliphatic carbocycles. The van der Waals surface area contributed by atoms with Gasteiger partial charge in [-0.25, -0.2) is 0 Å². The molecule has 1 saturated heterocycles. The fraction of sp³-hybridized carbons (Fsp3) is 0.692. The second kappa shape index (κ2) is 6.29. The van der Waals surface area contributed by atoms with Crippen LogP contribution in [0.3, 0.4) is 0 Å². The van der Waals surface area contributed by atoms with Crippen molar-refractivity contribution in [3.05, 3.63) is 12.2 Å². The first-order chi connectivity index (χ1) is 8.68. The molecule has 0 aromatic rings. The molecule has 0 N–H and O–H groups in total. The number of imide groups is 1. The van der Waals surface area contributed by atoms with Crippen LogP contribution >= 0.6 is 0 Å². The molecule has 5 heteroatoms. The number of rotatable bonds is 5. The van der Waals surface area contributed by atoms with Crippen LogP contribution in [-0.2, 0) is 14.3 Å². The highest BCUT2D eigenvalue weighted by Crippen LogP contribution is 2.18. The Morgan fingerprint density at radius 3 is 2.67 bits per heavy atom. The van der Waals surface area contributed by atoms with E-state index in [1.54, 1.807) is 0 Å². The molecule has 4 nitrogen and oxygen atoms in total. The second-order valence-electron chi connectivity index (χ2n) is 5.19. The average Bonchev–Trinajstić information content (AvgIpc) is 2.71. The van der Waals surface area contributed by atoms with Crippen LogP contribution in [0.25, 0.3) is 0 Å². The Kier molecular flexibility index (Phi) is 4.71. The van der Waals surface area contributed by atoms with Crippen molar-refractivity contribution >= 4 is 20.6 Å². The van der Waals surface area contributed by atoms with E-state index in [-0.39, 0.29) is 11.8 Å². The van der Waals surface area contributed by atoms with Gasteiger partial charge in [-0.3, -0.25) is 14.5 Å². The lowest BCUT2D eigenvalue weighted by Gasteiger charge is -2.27. The van der Waals surface area contributed by atoms with Crippen LogP contribution < -0.4 is 0 Å². The zero-order valence-electron chi connectivity index (χ0n) is 10.9. The smallest absolute Gasteiger partial charge is 0.253 e. The Balaban J connectivity index is 1.68. The first-order valence-electron chi connectivity index (χ1n) is 6.83. The topological polar surface area (TPSA) is 46.6 Å². The Labute approximate surface area is 110 Å². The van der Waals surface area contributed by atoms with E-state index in [4.69, 9.17) is 4.74 Å². The first-order valence-corrected chi connectivity index (χ1v) is 9.47. The predicted octanol–water partition coefficient (Wildman–Crippen LogP) is 1.27. The summed E-state index contributed by atoms with van der Waals surface area (Å²) in [6.45, 7) is 3.81. The first kappa shape index (κ1) is 13.5. The highest BCUT2D eigenvalue weighted by Gasteiger charge is 2.25. The van der Waals surface area contributed by atoms with Gasteiger partial charge in [0.25, 0.3) is 11.8 Å². The predicted molar refractivity (Wildman–Crippen MR) is 71.9 cm³/mol. The zero-order valence-corrected chi connectivity index (χ0v) is 12.1. The van der Waals surface area contributed by atoms with E-state index in [1.807, 2.05) is 0 Å². The third kappa shape index (κ3) is 3.29. The fourth-order valence-corrected chi connectivity index (χ4v) is 5.09. The maximum Gasteiger partial charge on any atom is 0.253 e. The van der Waals surface area contributed by atoms with Gasteiger partial charge in [0.2, 0.25) is 0 Å². The number of carbonyl (C=O) groups excluding carboxylic acids is 2. The van der Waals surface area contributed by atoms with Gasteiger partial charge >= 0.3 is 0 Å². The molecule has 0 aromatic carbocycles. The lowest BCUT2D eigenvalue weighted by Crippen LogP contribution is -2.35. The van der Waals surface area contributed by atoms with Gasteiger partial charge in [-0.1, -0.05) is 12.6 Å². The summed E-state index contributed by atoms with van der Waals surface area (Å²) in [6.07, 6.45) is 7.32. The number of amides is 2. The van der Waals surface area contributed by atoms with E-state index in [0.29, 0.717) is 12.3 Å². The van der Waals surface area contributed by atoms with Crippen LogP contribution in [0, 0.1) is 0 Å². The summed E-state index contributed by atoms with van der Waals surface area (Å²) in [7, 11) is -0.877. The lowest BCUT2D eigenvalue weighted by atomic mass is 10.2. The maximum atomic E-state index is 11.4. The van der Waals surface area contributed by atoms with E-state index in [9.17, 15) is 9.59 Å². The molecule has 2 atom stereocenters. The summed E-state index contributed by atoms with van der Waals surface area (Å²) in [5, 5.41) is 0. The van der Waals surface area contributed by atoms with Crippen molar-refractivity contribution in [3.8, 4) is 0 Å². The monoisotopic (exact) mass is 267 g/mol. The second-order valence-corrected chi connectivity index (χ2v) is 8.46. The van der Waals surface area contributed by atoms with Crippen LogP contribution in [0.1, 0.15) is 25.7 Å². The SMILES string of the molecule is C[SiH](CCCN1C(=O)C=CC1=O)C1CCCCO1. The van der Waals surface area contributed by atoms with Crippen molar-refractivity contribution in [1.29, 1.82) is 0 Å². The molecule has 2 aliphatic heterocycles. The molecule has 1 fully saturated rings. The van der Waals surface area contributed by atoms with Crippen LogP contribution in [0.2, 0.25) is 12.6 Å². The van der Waals surface area contributed by atoms with Gasteiger partial charge in [-0.2, -0.15) is 0 Å². The lowest BCUT2D eigenvalue weighted by molar-refractivity contribution is -0.136. The molecule has 2 heterocycles. The molecule has 2 unspecified atom stereocenters. The fourth-order valence-electron chi connectivity index (χ4n) is 2.62. The molecule has 0 aromatic heterocycles. The number of carbonyl (C=O) groups is 2. The highest BCUT2D eigenvalue weighted by atomic mass is 28.3. The summed E-state index contributed by atoms with van der Waals surface area (Å²) in [6, 6.07) is 1.14. The van der Waals surface area contributed by atoms with Gasteiger partial charge in [0.15, 0.2) is 0 Å². The summed E-state index contributed by atoms with van der Waals surface area (Å²) in [4.78, 5) is 24.1. The quantitative estimate of drug-likeness (QED) is 0.556. The van der Waals surface area contributed by atoms with Crippen molar-refractivity contribution in [3.63, 3.8) is 0 Å². The number of hydrogen-bond donors (Lipinski definition) is 0. The number of nitrogens with zero attached hydrogens (tertiary/aromatic N) is 1. The molecule has 0 saturated carbocycles. The summed E-state index contributed by atoms with van der Waals surface area (Å²) < 4.78 is 5.81. The van der Waals surface area contributed by atoms with Gasteiger partial charge in [-0.05, 0) is 25.7 Å². The molecule has 2 amide bonds. The molecule has 0 spiro atoms. The van der Waals surface area contributed by atoms with Gasteiger partial charge in [0.05, 0.1) is 8.80 Å². The Hall–Kier alpha value is -0.943. The van der Waals surface area contributed by atoms with Crippen molar-refractivity contribution < 1.29 is 14.3 Å². The van der Waals surface area contributed by atoms with Crippen molar-refractivity contribution in [1.82, 2.24) is 4.90 Å². The number of hydrogen-bond acceptors (Lipinski definition) is 3. The Morgan fingerprint density at radius 1 is 1.33 bits per heavy atom. The molecular weight excluding hydrogens is 246 g/mol. The minimum atomic E-state index is -0.877. The summed E-state index contributed by atoms with van der Waals surface area (Å²) >= 11 is 0. The largest absolute Gasteiger partial charge is 0.382 e. The number of ether oxygens (including phenoxy) is 1. The van der Waals surface area contributed by atoms with E-state index in [1.165, 1.54) is 36.3 Å². The van der Waals surface area contributed by atoms with E-state index in [2.05, 4.69) is 6.55 Å². The minimum Gasteiger partial charge on any atom is -0.382 e. The standard InChI is InChI=1S/C13H21NO3Si/c1-18(13-5-2-3-9-17-13)10-4-8-14-11(15)6-7-12(14)16/h6-7,13,18H,2-5,8-10H2,1H3. The molecule has 0 radical (unpaired) electrons. The minimum absolute atomic E-state index is 0.164. The molecule has 2 rings (SSSR count). The van der Waals surface area contributed by atoms with Crippen molar-refractivity contribution in [2.45, 2.75) is 44.0 Å². The van der Waals surface area contributed by atoms with Crippen LogP contribution in [0.5, 0.6) is 0 Å². The van der Waals surface area contributed by atoms with Gasteiger partial charge in [-0.15, -0.1) is 0 Å². The van der Waals surface area contributed by atoms with Crippen LogP contribution in [-0.4, -0.2) is 44.4 Å².